The summed E-state index contributed by atoms with van der Waals surface area (Å²) < 4.78 is 5.11. The van der Waals surface area contributed by atoms with Crippen LogP contribution in [0.3, 0.4) is 0 Å². The van der Waals surface area contributed by atoms with Crippen molar-refractivity contribution >= 4 is 24.8 Å². The summed E-state index contributed by atoms with van der Waals surface area (Å²) in [6, 6.07) is 8.40. The van der Waals surface area contributed by atoms with E-state index in [4.69, 9.17) is 10.5 Å². The first-order valence-electron chi connectivity index (χ1n) is 4.91. The van der Waals surface area contributed by atoms with Gasteiger partial charge in [-0.25, -0.2) is 0 Å². The quantitative estimate of drug-likeness (QED) is 0.853. The van der Waals surface area contributed by atoms with Crippen molar-refractivity contribution in [1.82, 2.24) is 5.32 Å². The van der Waals surface area contributed by atoms with E-state index < -0.39 is 0 Å². The fraction of sp³-hybridized carbons (Fsp3) is 0.455. The maximum atomic E-state index is 5.99. The second kappa shape index (κ2) is 6.97. The summed E-state index contributed by atoms with van der Waals surface area (Å²) in [5, 5.41) is 3.29. The van der Waals surface area contributed by atoms with Crippen LogP contribution >= 0.6 is 24.8 Å². The topological polar surface area (TPSA) is 47.3 Å². The summed E-state index contributed by atoms with van der Waals surface area (Å²) in [7, 11) is 1.68. The molecule has 1 aliphatic rings. The van der Waals surface area contributed by atoms with Crippen LogP contribution in [-0.4, -0.2) is 26.2 Å². The van der Waals surface area contributed by atoms with Gasteiger partial charge < -0.3 is 15.8 Å². The van der Waals surface area contributed by atoms with Crippen LogP contribution in [0.1, 0.15) is 11.5 Å². The van der Waals surface area contributed by atoms with E-state index in [1.807, 2.05) is 12.1 Å². The molecule has 1 fully saturated rings. The van der Waals surface area contributed by atoms with E-state index in [0.29, 0.717) is 5.92 Å². The second-order valence-electron chi connectivity index (χ2n) is 3.70. The highest BCUT2D eigenvalue weighted by Crippen LogP contribution is 2.23. The fourth-order valence-corrected chi connectivity index (χ4v) is 1.92. The molecule has 0 saturated carbocycles. The Hall–Kier alpha value is -0.480. The molecule has 1 heterocycles. The lowest BCUT2D eigenvalue weighted by molar-refractivity contribution is 0.414. The Morgan fingerprint density at radius 2 is 1.81 bits per heavy atom. The molecule has 1 saturated heterocycles. The van der Waals surface area contributed by atoms with Crippen LogP contribution in [0.15, 0.2) is 24.3 Å². The number of methoxy groups -OCH3 is 1. The molecule has 1 aromatic carbocycles. The molecular formula is C11H18Cl2N2O. The lowest BCUT2D eigenvalue weighted by Gasteiger charge is -2.14. The van der Waals surface area contributed by atoms with Crippen LogP contribution in [0.4, 0.5) is 0 Å². The molecule has 92 valence electrons. The molecule has 3 nitrogen and oxygen atoms in total. The summed E-state index contributed by atoms with van der Waals surface area (Å²) in [5.74, 6) is 1.34. The minimum Gasteiger partial charge on any atom is -0.497 e. The molecule has 2 rings (SSSR count). The largest absolute Gasteiger partial charge is 0.497 e. The molecular weight excluding hydrogens is 247 g/mol. The first-order valence-corrected chi connectivity index (χ1v) is 4.91. The minimum atomic E-state index is 0. The molecule has 0 bridgehead atoms. The number of ether oxygens (including phenoxy) is 1. The Kier molecular flexibility index (Phi) is 6.76. The zero-order chi connectivity index (χ0) is 9.97. The van der Waals surface area contributed by atoms with Gasteiger partial charge in [0.25, 0.3) is 0 Å². The Labute approximate surface area is 109 Å². The average Bonchev–Trinajstić information content (AvgIpc) is 2.65. The monoisotopic (exact) mass is 264 g/mol. The molecule has 3 N–H and O–H groups in total. The van der Waals surface area contributed by atoms with Crippen LogP contribution in [0, 0.1) is 0 Å². The summed E-state index contributed by atoms with van der Waals surface area (Å²) >= 11 is 0. The molecule has 5 heteroatoms. The molecule has 0 aromatic heterocycles. The Bertz CT molecular complexity index is 305. The van der Waals surface area contributed by atoms with Crippen molar-refractivity contribution in [3.8, 4) is 5.75 Å². The minimum absolute atomic E-state index is 0. The van der Waals surface area contributed by atoms with Gasteiger partial charge in [-0.3, -0.25) is 0 Å². The van der Waals surface area contributed by atoms with Crippen molar-refractivity contribution in [1.29, 1.82) is 0 Å². The molecule has 0 radical (unpaired) electrons. The van der Waals surface area contributed by atoms with Crippen LogP contribution in [0.5, 0.6) is 5.75 Å². The number of halogens is 2. The maximum Gasteiger partial charge on any atom is 0.118 e. The second-order valence-corrected chi connectivity index (χ2v) is 3.70. The predicted octanol–water partition coefficient (Wildman–Crippen LogP) is 1.55. The molecule has 0 aliphatic carbocycles. The van der Waals surface area contributed by atoms with Gasteiger partial charge in [-0.1, -0.05) is 12.1 Å². The van der Waals surface area contributed by atoms with Crippen molar-refractivity contribution in [3.63, 3.8) is 0 Å². The fourth-order valence-electron chi connectivity index (χ4n) is 1.92. The van der Waals surface area contributed by atoms with Gasteiger partial charge in [0.1, 0.15) is 5.75 Å². The zero-order valence-corrected chi connectivity index (χ0v) is 10.8. The van der Waals surface area contributed by atoms with Gasteiger partial charge in [-0.05, 0) is 17.7 Å². The predicted molar refractivity (Wildman–Crippen MR) is 71.1 cm³/mol. The molecule has 2 atom stereocenters. The van der Waals surface area contributed by atoms with E-state index in [2.05, 4.69) is 17.4 Å². The summed E-state index contributed by atoms with van der Waals surface area (Å²) in [6.07, 6.45) is 0. The van der Waals surface area contributed by atoms with E-state index in [9.17, 15) is 0 Å². The average molecular weight is 265 g/mol. The third-order valence-electron chi connectivity index (χ3n) is 2.81. The number of nitrogens with two attached hydrogens (primary N) is 1. The van der Waals surface area contributed by atoms with Gasteiger partial charge in [-0.15, -0.1) is 24.8 Å². The highest BCUT2D eigenvalue weighted by molar-refractivity contribution is 5.85. The molecule has 1 aromatic rings. The van der Waals surface area contributed by atoms with E-state index >= 15 is 0 Å². The highest BCUT2D eigenvalue weighted by atomic mass is 35.5. The van der Waals surface area contributed by atoms with E-state index in [1.165, 1.54) is 5.56 Å². The van der Waals surface area contributed by atoms with Gasteiger partial charge in [0.15, 0.2) is 0 Å². The molecule has 0 spiro atoms. The number of rotatable bonds is 2. The third-order valence-corrected chi connectivity index (χ3v) is 2.81. The van der Waals surface area contributed by atoms with Crippen molar-refractivity contribution < 1.29 is 4.74 Å². The summed E-state index contributed by atoms with van der Waals surface area (Å²) in [4.78, 5) is 0. The third kappa shape index (κ3) is 3.25. The van der Waals surface area contributed by atoms with Gasteiger partial charge in [0.2, 0.25) is 0 Å². The smallest absolute Gasteiger partial charge is 0.118 e. The van der Waals surface area contributed by atoms with Crippen LogP contribution in [0.2, 0.25) is 0 Å². The molecule has 16 heavy (non-hydrogen) atoms. The number of benzene rings is 1. The SMILES string of the molecule is COc1ccc(C2CNCC2N)cc1.Cl.Cl. The first-order chi connectivity index (χ1) is 6.81. The summed E-state index contributed by atoms with van der Waals surface area (Å²) in [6.45, 7) is 1.89. The van der Waals surface area contributed by atoms with Crippen LogP contribution < -0.4 is 15.8 Å². The van der Waals surface area contributed by atoms with E-state index in [0.717, 1.165) is 18.8 Å². The highest BCUT2D eigenvalue weighted by Gasteiger charge is 2.24. The normalized spacial score (nSPS) is 23.1. The zero-order valence-electron chi connectivity index (χ0n) is 9.18. The molecule has 1 aliphatic heterocycles. The standard InChI is InChI=1S/C11H16N2O.2ClH/c1-14-9-4-2-8(3-5-9)10-6-13-7-11(10)12;;/h2-5,10-11,13H,6-7,12H2,1H3;2*1H. The number of nitrogens with one attached hydrogen (secondary N) is 1. The van der Waals surface area contributed by atoms with Crippen molar-refractivity contribution in [2.24, 2.45) is 5.73 Å². The Morgan fingerprint density at radius 1 is 1.19 bits per heavy atom. The van der Waals surface area contributed by atoms with Gasteiger partial charge in [0.05, 0.1) is 7.11 Å². The van der Waals surface area contributed by atoms with Gasteiger partial charge in [-0.2, -0.15) is 0 Å². The van der Waals surface area contributed by atoms with Crippen molar-refractivity contribution in [2.45, 2.75) is 12.0 Å². The number of hydrogen-bond acceptors (Lipinski definition) is 3. The summed E-state index contributed by atoms with van der Waals surface area (Å²) in [5.41, 5.74) is 7.28. The van der Waals surface area contributed by atoms with Gasteiger partial charge >= 0.3 is 0 Å². The van der Waals surface area contributed by atoms with E-state index in [-0.39, 0.29) is 30.9 Å². The van der Waals surface area contributed by atoms with E-state index in [1.54, 1.807) is 7.11 Å². The lowest BCUT2D eigenvalue weighted by Crippen LogP contribution is -2.27. The Morgan fingerprint density at radius 3 is 2.25 bits per heavy atom. The maximum absolute atomic E-state index is 5.99. The number of hydrogen-bond donors (Lipinski definition) is 2. The van der Waals surface area contributed by atoms with Crippen molar-refractivity contribution in [3.05, 3.63) is 29.8 Å². The lowest BCUT2D eigenvalue weighted by atomic mass is 9.95. The first kappa shape index (κ1) is 15.5. The van der Waals surface area contributed by atoms with Gasteiger partial charge in [0, 0.05) is 25.0 Å². The van der Waals surface area contributed by atoms with Crippen LogP contribution in [0.25, 0.3) is 0 Å². The Balaban J connectivity index is 0.00000112. The van der Waals surface area contributed by atoms with Crippen molar-refractivity contribution in [2.75, 3.05) is 20.2 Å². The van der Waals surface area contributed by atoms with Crippen LogP contribution in [-0.2, 0) is 0 Å². The molecule has 0 amide bonds. The molecule has 2 unspecified atom stereocenters.